The normalized spacial score (nSPS) is 23.8. The highest BCUT2D eigenvalue weighted by Gasteiger charge is 2.37. The molecule has 0 bridgehead atoms. The maximum atomic E-state index is 12.7. The molecule has 2 fully saturated rings. The molecule has 2 aliphatic rings. The molecule has 3 atom stereocenters. The summed E-state index contributed by atoms with van der Waals surface area (Å²) < 4.78 is 11.0. The van der Waals surface area contributed by atoms with E-state index in [1.807, 2.05) is 0 Å². The van der Waals surface area contributed by atoms with Crippen LogP contribution >= 0.6 is 11.6 Å². The van der Waals surface area contributed by atoms with Crippen molar-refractivity contribution in [1.82, 2.24) is 10.2 Å². The van der Waals surface area contributed by atoms with Gasteiger partial charge in [-0.2, -0.15) is 5.26 Å². The average molecular weight is 420 g/mol. The van der Waals surface area contributed by atoms with Crippen molar-refractivity contribution in [3.05, 3.63) is 28.8 Å². The number of amides is 1. The van der Waals surface area contributed by atoms with Gasteiger partial charge in [-0.3, -0.25) is 10.1 Å². The molecule has 156 valence electrons. The first kappa shape index (κ1) is 21.4. The molecule has 0 spiro atoms. The minimum atomic E-state index is -0.427. The summed E-state index contributed by atoms with van der Waals surface area (Å²) in [4.78, 5) is 26.5. The first-order valence-corrected chi connectivity index (χ1v) is 10.4. The molecule has 0 unspecified atom stereocenters. The fraction of sp³-hybridized carbons (Fsp3) is 0.571. The van der Waals surface area contributed by atoms with Crippen LogP contribution in [0.3, 0.4) is 0 Å². The van der Waals surface area contributed by atoms with Gasteiger partial charge in [0.15, 0.2) is 0 Å². The number of nitrogens with one attached hydrogen (secondary N) is 1. The molecule has 8 heteroatoms. The number of hydrogen-bond acceptors (Lipinski definition) is 6. The minimum Gasteiger partial charge on any atom is -0.490 e. The molecular formula is C21H26ClN3O4. The Labute approximate surface area is 175 Å². The van der Waals surface area contributed by atoms with Gasteiger partial charge in [0, 0.05) is 12.6 Å². The van der Waals surface area contributed by atoms with E-state index in [2.05, 4.69) is 11.4 Å². The zero-order valence-electron chi connectivity index (χ0n) is 16.7. The number of rotatable bonds is 6. The van der Waals surface area contributed by atoms with Gasteiger partial charge in [-0.1, -0.05) is 11.6 Å². The Hall–Kier alpha value is -2.30. The fourth-order valence-electron chi connectivity index (χ4n) is 3.72. The van der Waals surface area contributed by atoms with Crippen molar-refractivity contribution in [1.29, 1.82) is 5.26 Å². The summed E-state index contributed by atoms with van der Waals surface area (Å²) in [6, 6.07) is 6.38. The smallest absolute Gasteiger partial charge is 0.338 e. The molecule has 0 radical (unpaired) electrons. The van der Waals surface area contributed by atoms with Gasteiger partial charge in [-0.05, 0) is 57.7 Å². The van der Waals surface area contributed by atoms with Crippen molar-refractivity contribution >= 4 is 23.5 Å². The monoisotopic (exact) mass is 419 g/mol. The Morgan fingerprint density at radius 3 is 2.86 bits per heavy atom. The zero-order valence-corrected chi connectivity index (χ0v) is 17.4. The van der Waals surface area contributed by atoms with E-state index in [9.17, 15) is 14.9 Å². The Balaban J connectivity index is 1.55. The number of carbonyl (C=O) groups is 2. The Kier molecular flexibility index (Phi) is 6.99. The number of likely N-dealkylation sites (tertiary alicyclic amines) is 1. The van der Waals surface area contributed by atoms with Crippen molar-refractivity contribution in [3.63, 3.8) is 0 Å². The number of nitrogens with zero attached hydrogens (tertiary/aromatic N) is 2. The Morgan fingerprint density at radius 1 is 1.34 bits per heavy atom. The van der Waals surface area contributed by atoms with Crippen LogP contribution in [0.4, 0.5) is 0 Å². The van der Waals surface area contributed by atoms with Gasteiger partial charge in [-0.25, -0.2) is 4.79 Å². The summed E-state index contributed by atoms with van der Waals surface area (Å²) in [7, 11) is 0. The van der Waals surface area contributed by atoms with Gasteiger partial charge in [0.1, 0.15) is 18.4 Å². The van der Waals surface area contributed by atoms with Crippen molar-refractivity contribution in [2.24, 2.45) is 0 Å². The Bertz CT molecular complexity index is 808. The number of halogens is 1. The van der Waals surface area contributed by atoms with Crippen molar-refractivity contribution in [3.8, 4) is 11.8 Å². The number of hydrogen-bond donors (Lipinski definition) is 1. The van der Waals surface area contributed by atoms with E-state index >= 15 is 0 Å². The molecule has 2 saturated heterocycles. The van der Waals surface area contributed by atoms with Gasteiger partial charge < -0.3 is 14.4 Å². The van der Waals surface area contributed by atoms with E-state index in [1.54, 1.807) is 36.9 Å². The van der Waals surface area contributed by atoms with Crippen LogP contribution in [0, 0.1) is 11.3 Å². The van der Waals surface area contributed by atoms with E-state index in [0.29, 0.717) is 35.9 Å². The molecule has 1 N–H and O–H groups in total. The minimum absolute atomic E-state index is 0.00516. The van der Waals surface area contributed by atoms with E-state index in [0.717, 1.165) is 19.3 Å². The second kappa shape index (κ2) is 9.47. The molecule has 1 aromatic rings. The van der Waals surface area contributed by atoms with E-state index in [1.165, 1.54) is 0 Å². The molecular weight excluding hydrogens is 394 g/mol. The second-order valence-corrected chi connectivity index (χ2v) is 8.13. The molecule has 3 rings (SSSR count). The number of ether oxygens (including phenoxy) is 2. The summed E-state index contributed by atoms with van der Waals surface area (Å²) in [5.41, 5.74) is 0.377. The molecule has 0 aromatic heterocycles. The van der Waals surface area contributed by atoms with Crippen molar-refractivity contribution in [2.45, 2.75) is 63.8 Å². The molecule has 2 aliphatic heterocycles. The predicted molar refractivity (Wildman–Crippen MR) is 108 cm³/mol. The van der Waals surface area contributed by atoms with E-state index in [-0.39, 0.29) is 30.1 Å². The van der Waals surface area contributed by atoms with Crippen LogP contribution in [0.2, 0.25) is 5.02 Å². The molecule has 2 heterocycles. The van der Waals surface area contributed by atoms with Gasteiger partial charge in [0.05, 0.1) is 28.8 Å². The lowest BCUT2D eigenvalue weighted by Crippen LogP contribution is -2.47. The third-order valence-corrected chi connectivity index (χ3v) is 5.49. The molecule has 0 aliphatic carbocycles. The van der Waals surface area contributed by atoms with Crippen molar-refractivity contribution in [2.75, 3.05) is 13.2 Å². The summed E-state index contributed by atoms with van der Waals surface area (Å²) in [6.07, 6.45) is 2.90. The van der Waals surface area contributed by atoms with Crippen LogP contribution < -0.4 is 10.1 Å². The quantitative estimate of drug-likeness (QED) is 0.713. The third-order valence-electron chi connectivity index (χ3n) is 5.17. The first-order valence-electron chi connectivity index (χ1n) is 9.98. The summed E-state index contributed by atoms with van der Waals surface area (Å²) in [5.74, 6) is -0.0256. The standard InChI is InChI=1S/C21H26ClN3O4/c1-13(2)29-21(27)14-5-7-17(22)19(10-14)28-12-15-6-8-18(24-15)20(26)25-9-3-4-16(25)11-23/h5,7,10,13,15-16,18,24H,3-4,6,8-9,12H2,1-2H3/t15-,16+,18+/m1/s1. The van der Waals surface area contributed by atoms with Crippen LogP contribution in [0.5, 0.6) is 5.75 Å². The molecule has 7 nitrogen and oxygen atoms in total. The number of benzene rings is 1. The van der Waals surface area contributed by atoms with E-state index in [4.69, 9.17) is 21.1 Å². The topological polar surface area (TPSA) is 91.7 Å². The van der Waals surface area contributed by atoms with Crippen LogP contribution in [0.1, 0.15) is 49.9 Å². The Morgan fingerprint density at radius 2 is 2.14 bits per heavy atom. The van der Waals surface area contributed by atoms with E-state index < -0.39 is 5.97 Å². The van der Waals surface area contributed by atoms with Gasteiger partial charge >= 0.3 is 5.97 Å². The molecule has 1 amide bonds. The van der Waals surface area contributed by atoms with Crippen LogP contribution in [-0.2, 0) is 9.53 Å². The lowest BCUT2D eigenvalue weighted by Gasteiger charge is -2.24. The summed E-state index contributed by atoms with van der Waals surface area (Å²) in [5, 5.41) is 12.9. The number of carbonyl (C=O) groups excluding carboxylic acids is 2. The van der Waals surface area contributed by atoms with Crippen LogP contribution in [-0.4, -0.2) is 54.2 Å². The molecule has 1 aromatic carbocycles. The highest BCUT2D eigenvalue weighted by Crippen LogP contribution is 2.27. The maximum Gasteiger partial charge on any atom is 0.338 e. The van der Waals surface area contributed by atoms with Crippen molar-refractivity contribution < 1.29 is 19.1 Å². The predicted octanol–water partition coefficient (Wildman–Crippen LogP) is 2.92. The van der Waals surface area contributed by atoms with Crippen LogP contribution in [0.25, 0.3) is 0 Å². The first-order chi connectivity index (χ1) is 13.9. The summed E-state index contributed by atoms with van der Waals surface area (Å²) >= 11 is 6.20. The van der Waals surface area contributed by atoms with Gasteiger partial charge in [-0.15, -0.1) is 0 Å². The van der Waals surface area contributed by atoms with Gasteiger partial charge in [0.2, 0.25) is 5.91 Å². The lowest BCUT2D eigenvalue weighted by molar-refractivity contribution is -0.133. The lowest BCUT2D eigenvalue weighted by atomic mass is 10.1. The number of nitriles is 1. The highest BCUT2D eigenvalue weighted by atomic mass is 35.5. The average Bonchev–Trinajstić information content (AvgIpc) is 3.35. The maximum absolute atomic E-state index is 12.7. The second-order valence-electron chi connectivity index (χ2n) is 7.72. The third kappa shape index (κ3) is 5.20. The number of esters is 1. The molecule has 0 saturated carbocycles. The fourth-order valence-corrected chi connectivity index (χ4v) is 3.90. The molecule has 29 heavy (non-hydrogen) atoms. The SMILES string of the molecule is CC(C)OC(=O)c1ccc(Cl)c(OC[C@H]2CC[C@@H](C(=O)N3CCC[C@H]3C#N)N2)c1. The summed E-state index contributed by atoms with van der Waals surface area (Å²) in [6.45, 7) is 4.55. The van der Waals surface area contributed by atoms with Gasteiger partial charge in [0.25, 0.3) is 0 Å². The zero-order chi connectivity index (χ0) is 21.0. The van der Waals surface area contributed by atoms with Crippen LogP contribution in [0.15, 0.2) is 18.2 Å². The largest absolute Gasteiger partial charge is 0.490 e. The highest BCUT2D eigenvalue weighted by molar-refractivity contribution is 6.32.